The number of carbonyl (C=O) groups is 1. The molecule has 1 aromatic rings. The van der Waals surface area contributed by atoms with E-state index in [1.807, 2.05) is 24.3 Å². The molecule has 0 aromatic heterocycles. The second-order valence-corrected chi connectivity index (χ2v) is 4.13. The molecule has 0 amide bonds. The van der Waals surface area contributed by atoms with Gasteiger partial charge in [-0.25, -0.2) is 0 Å². The number of carboxylic acids is 1. The molecule has 0 aliphatic heterocycles. The smallest absolute Gasteiger partial charge is 0.311 e. The molecule has 0 aliphatic carbocycles. The van der Waals surface area contributed by atoms with Crippen LogP contribution in [-0.4, -0.2) is 18.2 Å². The Balaban J connectivity index is 2.85. The molecule has 0 aliphatic rings. The fourth-order valence-electron chi connectivity index (χ4n) is 1.96. The van der Waals surface area contributed by atoms with Crippen molar-refractivity contribution in [3.05, 3.63) is 29.8 Å². The summed E-state index contributed by atoms with van der Waals surface area (Å²) >= 11 is 0. The number of benzene rings is 1. The van der Waals surface area contributed by atoms with Crippen molar-refractivity contribution in [1.82, 2.24) is 0 Å². The molecule has 1 atom stereocenters. The lowest BCUT2D eigenvalue weighted by atomic mass is 9.92. The predicted octanol–water partition coefficient (Wildman–Crippen LogP) is 3.44. The first-order valence-corrected chi connectivity index (χ1v) is 6.06. The van der Waals surface area contributed by atoms with E-state index >= 15 is 0 Å². The van der Waals surface area contributed by atoms with E-state index in [-0.39, 0.29) is 0 Å². The zero-order valence-electron chi connectivity index (χ0n) is 10.5. The molecule has 3 heteroatoms. The first-order valence-electron chi connectivity index (χ1n) is 6.06. The van der Waals surface area contributed by atoms with Crippen molar-refractivity contribution >= 4 is 5.97 Å². The number of aliphatic carboxylic acids is 1. The van der Waals surface area contributed by atoms with Gasteiger partial charge in [0.15, 0.2) is 0 Å². The number of unbranched alkanes of at least 4 members (excludes halogenated alkanes) is 2. The Morgan fingerprint density at radius 3 is 2.65 bits per heavy atom. The Labute approximate surface area is 102 Å². The van der Waals surface area contributed by atoms with Crippen LogP contribution in [-0.2, 0) is 4.79 Å². The minimum absolute atomic E-state index is 0.460. The van der Waals surface area contributed by atoms with Crippen molar-refractivity contribution in [3.63, 3.8) is 0 Å². The zero-order chi connectivity index (χ0) is 12.7. The van der Waals surface area contributed by atoms with E-state index in [0.29, 0.717) is 12.2 Å². The molecule has 17 heavy (non-hydrogen) atoms. The second-order valence-electron chi connectivity index (χ2n) is 4.13. The van der Waals surface area contributed by atoms with Gasteiger partial charge in [0.2, 0.25) is 0 Å². The average molecular weight is 236 g/mol. The molecule has 0 spiro atoms. The van der Waals surface area contributed by atoms with Gasteiger partial charge in [0.1, 0.15) is 5.75 Å². The normalized spacial score (nSPS) is 12.1. The van der Waals surface area contributed by atoms with E-state index in [4.69, 9.17) is 4.74 Å². The number of rotatable bonds is 7. The monoisotopic (exact) mass is 236 g/mol. The SMILES string of the molecule is CCCCCC(C(=O)O)c1ccccc1OC. The highest BCUT2D eigenvalue weighted by Crippen LogP contribution is 2.30. The summed E-state index contributed by atoms with van der Waals surface area (Å²) in [4.78, 5) is 11.3. The van der Waals surface area contributed by atoms with Crippen molar-refractivity contribution in [2.45, 2.75) is 38.5 Å². The lowest BCUT2D eigenvalue weighted by Crippen LogP contribution is -2.12. The summed E-state index contributed by atoms with van der Waals surface area (Å²) in [5.74, 6) is -0.570. The quantitative estimate of drug-likeness (QED) is 0.738. The van der Waals surface area contributed by atoms with Gasteiger partial charge in [-0.3, -0.25) is 4.79 Å². The summed E-state index contributed by atoms with van der Waals surface area (Å²) in [7, 11) is 1.57. The first-order chi connectivity index (χ1) is 8.20. The summed E-state index contributed by atoms with van der Waals surface area (Å²) in [6, 6.07) is 7.36. The van der Waals surface area contributed by atoms with E-state index in [0.717, 1.165) is 24.8 Å². The molecule has 0 fully saturated rings. The molecule has 3 nitrogen and oxygen atoms in total. The van der Waals surface area contributed by atoms with Gasteiger partial charge in [-0.1, -0.05) is 44.4 Å². The number of para-hydroxylation sites is 1. The van der Waals surface area contributed by atoms with Crippen LogP contribution in [0.25, 0.3) is 0 Å². The van der Waals surface area contributed by atoms with Crippen LogP contribution in [0.3, 0.4) is 0 Å². The van der Waals surface area contributed by atoms with Gasteiger partial charge in [-0.15, -0.1) is 0 Å². The van der Waals surface area contributed by atoms with E-state index in [1.54, 1.807) is 7.11 Å². The lowest BCUT2D eigenvalue weighted by molar-refractivity contribution is -0.139. The third-order valence-corrected chi connectivity index (χ3v) is 2.91. The fourth-order valence-corrected chi connectivity index (χ4v) is 1.96. The molecule has 1 unspecified atom stereocenters. The highest BCUT2D eigenvalue weighted by Gasteiger charge is 2.22. The number of ether oxygens (including phenoxy) is 1. The highest BCUT2D eigenvalue weighted by atomic mass is 16.5. The Kier molecular flexibility index (Phi) is 5.53. The Bertz CT molecular complexity index is 360. The number of methoxy groups -OCH3 is 1. The minimum Gasteiger partial charge on any atom is -0.496 e. The van der Waals surface area contributed by atoms with Crippen LogP contribution in [0.5, 0.6) is 5.75 Å². The molecule has 94 valence electrons. The van der Waals surface area contributed by atoms with Crippen molar-refractivity contribution < 1.29 is 14.6 Å². The molecular weight excluding hydrogens is 216 g/mol. The number of carboxylic acid groups (broad SMARTS) is 1. The Morgan fingerprint density at radius 2 is 2.06 bits per heavy atom. The van der Waals surface area contributed by atoms with E-state index < -0.39 is 11.9 Å². The number of hydrogen-bond donors (Lipinski definition) is 1. The fraction of sp³-hybridized carbons (Fsp3) is 0.500. The van der Waals surface area contributed by atoms with Gasteiger partial charge in [-0.2, -0.15) is 0 Å². The van der Waals surface area contributed by atoms with Crippen molar-refractivity contribution in [3.8, 4) is 5.75 Å². The van der Waals surface area contributed by atoms with E-state index in [9.17, 15) is 9.90 Å². The standard InChI is InChI=1S/C14H20O3/c1-3-4-5-9-12(14(15)16)11-8-6-7-10-13(11)17-2/h6-8,10,12H,3-5,9H2,1-2H3,(H,15,16). The van der Waals surface area contributed by atoms with Gasteiger partial charge in [0.25, 0.3) is 0 Å². The molecule has 1 aromatic carbocycles. The van der Waals surface area contributed by atoms with Crippen LogP contribution in [0, 0.1) is 0 Å². The van der Waals surface area contributed by atoms with Gasteiger partial charge in [0.05, 0.1) is 13.0 Å². The summed E-state index contributed by atoms with van der Waals surface area (Å²) in [6.45, 7) is 2.11. The minimum atomic E-state index is -0.773. The predicted molar refractivity (Wildman–Crippen MR) is 67.5 cm³/mol. The summed E-state index contributed by atoms with van der Waals surface area (Å²) in [6.07, 6.45) is 3.77. The maximum atomic E-state index is 11.3. The molecule has 1 N–H and O–H groups in total. The van der Waals surface area contributed by atoms with Crippen LogP contribution >= 0.6 is 0 Å². The zero-order valence-corrected chi connectivity index (χ0v) is 10.5. The highest BCUT2D eigenvalue weighted by molar-refractivity contribution is 5.77. The van der Waals surface area contributed by atoms with Crippen LogP contribution in [0.15, 0.2) is 24.3 Å². The largest absolute Gasteiger partial charge is 0.496 e. The van der Waals surface area contributed by atoms with Crippen LogP contribution in [0.2, 0.25) is 0 Å². The molecule has 1 rings (SSSR count). The molecule has 0 radical (unpaired) electrons. The van der Waals surface area contributed by atoms with Crippen LogP contribution in [0.1, 0.15) is 44.1 Å². The van der Waals surface area contributed by atoms with Crippen LogP contribution < -0.4 is 4.74 Å². The van der Waals surface area contributed by atoms with Crippen LogP contribution in [0.4, 0.5) is 0 Å². The van der Waals surface area contributed by atoms with Gasteiger partial charge in [0, 0.05) is 5.56 Å². The number of hydrogen-bond acceptors (Lipinski definition) is 2. The Morgan fingerprint density at radius 1 is 1.35 bits per heavy atom. The van der Waals surface area contributed by atoms with E-state index in [2.05, 4.69) is 6.92 Å². The van der Waals surface area contributed by atoms with E-state index in [1.165, 1.54) is 0 Å². The molecule has 0 saturated carbocycles. The topological polar surface area (TPSA) is 46.5 Å². The average Bonchev–Trinajstić information content (AvgIpc) is 2.34. The van der Waals surface area contributed by atoms with Gasteiger partial charge >= 0.3 is 5.97 Å². The summed E-state index contributed by atoms with van der Waals surface area (Å²) in [5.41, 5.74) is 0.776. The summed E-state index contributed by atoms with van der Waals surface area (Å²) in [5, 5.41) is 9.29. The third-order valence-electron chi connectivity index (χ3n) is 2.91. The second kappa shape index (κ2) is 6.94. The van der Waals surface area contributed by atoms with Gasteiger partial charge < -0.3 is 9.84 Å². The summed E-state index contributed by atoms with van der Waals surface area (Å²) < 4.78 is 5.22. The maximum absolute atomic E-state index is 11.3. The molecule has 0 heterocycles. The van der Waals surface area contributed by atoms with Crippen molar-refractivity contribution in [2.75, 3.05) is 7.11 Å². The van der Waals surface area contributed by atoms with Gasteiger partial charge in [-0.05, 0) is 12.5 Å². The first kappa shape index (κ1) is 13.6. The third kappa shape index (κ3) is 3.77. The van der Waals surface area contributed by atoms with Crippen molar-refractivity contribution in [1.29, 1.82) is 0 Å². The Hall–Kier alpha value is -1.51. The lowest BCUT2D eigenvalue weighted by Gasteiger charge is -2.15. The maximum Gasteiger partial charge on any atom is 0.311 e. The van der Waals surface area contributed by atoms with Crippen molar-refractivity contribution in [2.24, 2.45) is 0 Å². The molecule has 0 bridgehead atoms. The molecular formula is C14H20O3. The molecule has 0 saturated heterocycles.